The van der Waals surface area contributed by atoms with Crippen LogP contribution in [0.1, 0.15) is 44.9 Å². The van der Waals surface area contributed by atoms with Crippen molar-refractivity contribution in [3.63, 3.8) is 0 Å². The fraction of sp³-hybridized carbons (Fsp3) is 0.393. The first-order chi connectivity index (χ1) is 15.9. The van der Waals surface area contributed by atoms with Gasteiger partial charge in [0.05, 0.1) is 11.2 Å². The third-order valence-corrected chi connectivity index (χ3v) is 6.30. The Morgan fingerprint density at radius 2 is 1.73 bits per heavy atom. The van der Waals surface area contributed by atoms with Crippen molar-refractivity contribution < 1.29 is 0 Å². The summed E-state index contributed by atoms with van der Waals surface area (Å²) in [6, 6.07) is 16.8. The molecular weight excluding hydrogens is 428 g/mol. The van der Waals surface area contributed by atoms with Gasteiger partial charge in [-0.1, -0.05) is 43.7 Å². The lowest BCUT2D eigenvalue weighted by Gasteiger charge is -2.21. The zero-order chi connectivity index (χ0) is 23.8. The van der Waals surface area contributed by atoms with E-state index in [1.807, 2.05) is 24.3 Å². The molecule has 1 atom stereocenters. The number of halogens is 1. The van der Waals surface area contributed by atoms with Gasteiger partial charge in [-0.2, -0.15) is 0 Å². The largest absolute Gasteiger partial charge is 0.382 e. The Kier molecular flexibility index (Phi) is 9.16. The second-order valence-electron chi connectivity index (χ2n) is 8.79. The minimum Gasteiger partial charge on any atom is -0.382 e. The highest BCUT2D eigenvalue weighted by molar-refractivity contribution is 6.30. The molecule has 33 heavy (non-hydrogen) atoms. The zero-order valence-corrected chi connectivity index (χ0v) is 21.4. The van der Waals surface area contributed by atoms with Crippen molar-refractivity contribution in [3.05, 3.63) is 64.8 Å². The van der Waals surface area contributed by atoms with Crippen molar-refractivity contribution in [1.29, 1.82) is 0 Å². The number of anilines is 2. The number of fused-ring (bicyclic) bond motifs is 1. The molecule has 0 unspecified atom stereocenters. The Balaban J connectivity index is 1.85. The van der Waals surface area contributed by atoms with Crippen LogP contribution in [0.3, 0.4) is 0 Å². The molecule has 176 valence electrons. The minimum atomic E-state index is 0.377. The van der Waals surface area contributed by atoms with E-state index < -0.39 is 0 Å². The van der Waals surface area contributed by atoms with Crippen molar-refractivity contribution in [2.45, 2.75) is 39.7 Å². The highest BCUT2D eigenvalue weighted by Gasteiger charge is 2.10. The predicted octanol–water partition coefficient (Wildman–Crippen LogP) is 7.05. The van der Waals surface area contributed by atoms with Gasteiger partial charge in [0, 0.05) is 41.9 Å². The minimum absolute atomic E-state index is 0.377. The van der Waals surface area contributed by atoms with Gasteiger partial charge in [-0.3, -0.25) is 0 Å². The van der Waals surface area contributed by atoms with E-state index in [2.05, 4.69) is 86.4 Å². The van der Waals surface area contributed by atoms with E-state index in [1.54, 1.807) is 0 Å². The molecule has 0 aliphatic heterocycles. The topological polar surface area (TPSA) is 31.4 Å². The summed E-state index contributed by atoms with van der Waals surface area (Å²) in [6.45, 7) is 10.1. The van der Waals surface area contributed by atoms with Crippen LogP contribution in [0.2, 0.25) is 5.02 Å². The van der Waals surface area contributed by atoms with Gasteiger partial charge in [0.15, 0.2) is 0 Å². The Morgan fingerprint density at radius 3 is 2.39 bits per heavy atom. The van der Waals surface area contributed by atoms with E-state index in [1.165, 1.54) is 12.1 Å². The lowest BCUT2D eigenvalue weighted by molar-refractivity contribution is 0.295. The van der Waals surface area contributed by atoms with E-state index in [-0.39, 0.29) is 0 Å². The second-order valence-corrected chi connectivity index (χ2v) is 9.23. The standard InChI is InChI=1S/C28H37ClN4/c1-6-33(7-2)18-8-9-21(3)30-28-19-24(15-12-22-10-13-23(29)14-11-22)31-27-17-16-25(32(4)5)20-26(27)28/h10-17,19-21H,6-9,18H2,1-5H3,(H,30,31)/b15-12+/t21-/m1/s1. The van der Waals surface area contributed by atoms with Gasteiger partial charge in [-0.25, -0.2) is 4.98 Å². The first-order valence-corrected chi connectivity index (χ1v) is 12.3. The average Bonchev–Trinajstić information content (AvgIpc) is 2.81. The van der Waals surface area contributed by atoms with Crippen molar-refractivity contribution in [1.82, 2.24) is 9.88 Å². The van der Waals surface area contributed by atoms with E-state index >= 15 is 0 Å². The van der Waals surface area contributed by atoms with Crippen LogP contribution in [0.15, 0.2) is 48.5 Å². The number of hydrogen-bond donors (Lipinski definition) is 1. The van der Waals surface area contributed by atoms with E-state index in [0.29, 0.717) is 6.04 Å². The Morgan fingerprint density at radius 1 is 1.00 bits per heavy atom. The van der Waals surface area contributed by atoms with Crippen LogP contribution in [-0.4, -0.2) is 49.7 Å². The van der Waals surface area contributed by atoms with Crippen molar-refractivity contribution >= 4 is 46.0 Å². The summed E-state index contributed by atoms with van der Waals surface area (Å²) in [7, 11) is 4.14. The third-order valence-electron chi connectivity index (χ3n) is 6.05. The molecule has 0 amide bonds. The zero-order valence-electron chi connectivity index (χ0n) is 20.6. The molecular formula is C28H37ClN4. The number of aromatic nitrogens is 1. The quantitative estimate of drug-likeness (QED) is 0.329. The van der Waals surface area contributed by atoms with E-state index in [0.717, 1.165) is 58.9 Å². The van der Waals surface area contributed by atoms with Crippen LogP contribution in [-0.2, 0) is 0 Å². The number of benzene rings is 2. The lowest BCUT2D eigenvalue weighted by Crippen LogP contribution is -2.25. The van der Waals surface area contributed by atoms with Gasteiger partial charge in [0.2, 0.25) is 0 Å². The van der Waals surface area contributed by atoms with Gasteiger partial charge in [-0.05, 0) is 87.4 Å². The molecule has 1 heterocycles. The van der Waals surface area contributed by atoms with Crippen LogP contribution in [0.4, 0.5) is 11.4 Å². The molecule has 0 aliphatic rings. The van der Waals surface area contributed by atoms with Crippen LogP contribution < -0.4 is 10.2 Å². The molecule has 3 aromatic rings. The fourth-order valence-electron chi connectivity index (χ4n) is 3.97. The number of hydrogen-bond acceptors (Lipinski definition) is 4. The fourth-order valence-corrected chi connectivity index (χ4v) is 4.10. The monoisotopic (exact) mass is 464 g/mol. The maximum Gasteiger partial charge on any atom is 0.0731 e. The van der Waals surface area contributed by atoms with Crippen LogP contribution in [0.25, 0.3) is 23.1 Å². The first-order valence-electron chi connectivity index (χ1n) is 11.9. The summed E-state index contributed by atoms with van der Waals surface area (Å²) >= 11 is 6.02. The van der Waals surface area contributed by atoms with Crippen LogP contribution in [0.5, 0.6) is 0 Å². The molecule has 0 bridgehead atoms. The SMILES string of the molecule is CCN(CC)CCC[C@@H](C)Nc1cc(/C=C/c2ccc(Cl)cc2)nc2ccc(N(C)C)cc12. The number of rotatable bonds is 11. The summed E-state index contributed by atoms with van der Waals surface area (Å²) in [6.07, 6.45) is 6.46. The van der Waals surface area contributed by atoms with Gasteiger partial charge < -0.3 is 15.1 Å². The smallest absolute Gasteiger partial charge is 0.0731 e. The lowest BCUT2D eigenvalue weighted by atomic mass is 10.1. The normalized spacial score (nSPS) is 12.6. The van der Waals surface area contributed by atoms with Gasteiger partial charge >= 0.3 is 0 Å². The molecule has 0 spiro atoms. The molecule has 0 saturated carbocycles. The summed E-state index contributed by atoms with van der Waals surface area (Å²) in [5.74, 6) is 0. The highest BCUT2D eigenvalue weighted by atomic mass is 35.5. The molecule has 3 rings (SSSR count). The Bertz CT molecular complexity index is 1060. The number of pyridine rings is 1. The summed E-state index contributed by atoms with van der Waals surface area (Å²) in [5.41, 5.74) is 5.34. The van der Waals surface area contributed by atoms with E-state index in [9.17, 15) is 0 Å². The molecule has 5 heteroatoms. The average molecular weight is 465 g/mol. The van der Waals surface area contributed by atoms with Crippen molar-refractivity contribution in [2.24, 2.45) is 0 Å². The molecule has 1 aromatic heterocycles. The second kappa shape index (κ2) is 12.1. The highest BCUT2D eigenvalue weighted by Crippen LogP contribution is 2.29. The molecule has 0 fully saturated rings. The van der Waals surface area contributed by atoms with Crippen LogP contribution in [0, 0.1) is 0 Å². The molecule has 4 nitrogen and oxygen atoms in total. The van der Waals surface area contributed by atoms with E-state index in [4.69, 9.17) is 16.6 Å². The van der Waals surface area contributed by atoms with Crippen molar-refractivity contribution in [2.75, 3.05) is 43.9 Å². The Labute approximate surface area is 204 Å². The number of nitrogens with one attached hydrogen (secondary N) is 1. The summed E-state index contributed by atoms with van der Waals surface area (Å²) in [5, 5.41) is 5.68. The van der Waals surface area contributed by atoms with Gasteiger partial charge in [0.1, 0.15) is 0 Å². The maximum absolute atomic E-state index is 6.02. The molecule has 2 aromatic carbocycles. The molecule has 0 radical (unpaired) electrons. The third kappa shape index (κ3) is 7.21. The summed E-state index contributed by atoms with van der Waals surface area (Å²) in [4.78, 5) is 9.52. The molecule has 0 saturated heterocycles. The van der Waals surface area contributed by atoms with Crippen molar-refractivity contribution in [3.8, 4) is 0 Å². The van der Waals surface area contributed by atoms with Gasteiger partial charge in [-0.15, -0.1) is 0 Å². The predicted molar refractivity (Wildman–Crippen MR) is 147 cm³/mol. The number of nitrogens with zero attached hydrogens (tertiary/aromatic N) is 3. The Hall–Kier alpha value is -2.56. The molecule has 0 aliphatic carbocycles. The maximum atomic E-state index is 6.02. The summed E-state index contributed by atoms with van der Waals surface area (Å²) < 4.78 is 0. The first kappa shape index (κ1) is 25.1. The van der Waals surface area contributed by atoms with Gasteiger partial charge in [0.25, 0.3) is 0 Å². The van der Waals surface area contributed by atoms with Crippen LogP contribution >= 0.6 is 11.6 Å². The molecule has 1 N–H and O–H groups in total.